The van der Waals surface area contributed by atoms with Crippen LogP contribution in [0.25, 0.3) is 10.9 Å². The molecule has 0 unspecified atom stereocenters. The second-order valence-electron chi connectivity index (χ2n) is 6.17. The molecule has 0 radical (unpaired) electrons. The van der Waals surface area contributed by atoms with E-state index in [4.69, 9.17) is 0 Å². The molecule has 2 heterocycles. The minimum atomic E-state index is -0.0144. The Labute approximate surface area is 142 Å². The molecule has 122 valence electrons. The van der Waals surface area contributed by atoms with E-state index in [0.29, 0.717) is 5.56 Å². The van der Waals surface area contributed by atoms with Crippen molar-refractivity contribution in [3.63, 3.8) is 0 Å². The summed E-state index contributed by atoms with van der Waals surface area (Å²) < 4.78 is 0. The van der Waals surface area contributed by atoms with Gasteiger partial charge in [-0.1, -0.05) is 18.2 Å². The van der Waals surface area contributed by atoms with Gasteiger partial charge < -0.3 is 4.90 Å². The van der Waals surface area contributed by atoms with Crippen molar-refractivity contribution in [2.24, 2.45) is 0 Å². The highest BCUT2D eigenvalue weighted by Crippen LogP contribution is 2.19. The molecule has 3 aromatic rings. The minimum absolute atomic E-state index is 0.0144. The average Bonchev–Trinajstić information content (AvgIpc) is 2.60. The lowest BCUT2D eigenvalue weighted by Gasteiger charge is -2.25. The Kier molecular flexibility index (Phi) is 4.56. The number of nitrogens with zero attached hydrogens (tertiary/aromatic N) is 3. The number of para-hydroxylation sites is 1. The molecule has 3 rings (SSSR count). The van der Waals surface area contributed by atoms with Crippen molar-refractivity contribution in [1.82, 2.24) is 14.9 Å². The predicted molar refractivity (Wildman–Crippen MR) is 96.0 cm³/mol. The molecule has 4 heteroatoms. The maximum atomic E-state index is 12.9. The van der Waals surface area contributed by atoms with Crippen LogP contribution in [-0.4, -0.2) is 33.9 Å². The van der Waals surface area contributed by atoms with E-state index in [2.05, 4.69) is 16.0 Å². The summed E-state index contributed by atoms with van der Waals surface area (Å²) in [7, 11) is 1.84. The van der Waals surface area contributed by atoms with Crippen LogP contribution in [-0.2, 0) is 6.42 Å². The third-order valence-corrected chi connectivity index (χ3v) is 4.32. The zero-order valence-corrected chi connectivity index (χ0v) is 14.2. The van der Waals surface area contributed by atoms with E-state index in [-0.39, 0.29) is 11.9 Å². The summed E-state index contributed by atoms with van der Waals surface area (Å²) in [6.07, 6.45) is 4.26. The van der Waals surface area contributed by atoms with Gasteiger partial charge in [0.1, 0.15) is 0 Å². The van der Waals surface area contributed by atoms with Crippen LogP contribution in [0, 0.1) is 6.92 Å². The van der Waals surface area contributed by atoms with E-state index in [1.54, 1.807) is 11.1 Å². The van der Waals surface area contributed by atoms with Gasteiger partial charge in [0.05, 0.1) is 11.1 Å². The fourth-order valence-electron chi connectivity index (χ4n) is 2.82. The Hall–Kier alpha value is -2.75. The van der Waals surface area contributed by atoms with Gasteiger partial charge in [0.15, 0.2) is 0 Å². The topological polar surface area (TPSA) is 46.1 Å². The number of pyridine rings is 2. The van der Waals surface area contributed by atoms with Crippen molar-refractivity contribution in [1.29, 1.82) is 0 Å². The molecule has 1 aromatic carbocycles. The van der Waals surface area contributed by atoms with E-state index < -0.39 is 0 Å². The molecule has 4 nitrogen and oxygen atoms in total. The maximum Gasteiger partial charge on any atom is 0.256 e. The number of amides is 1. The van der Waals surface area contributed by atoms with Gasteiger partial charge in [-0.2, -0.15) is 0 Å². The molecule has 0 aliphatic carbocycles. The highest BCUT2D eigenvalue weighted by atomic mass is 16.2. The van der Waals surface area contributed by atoms with Crippen LogP contribution in [0.15, 0.2) is 54.9 Å². The highest BCUT2D eigenvalue weighted by molar-refractivity contribution is 6.05. The van der Waals surface area contributed by atoms with Gasteiger partial charge in [0.2, 0.25) is 0 Å². The monoisotopic (exact) mass is 319 g/mol. The van der Waals surface area contributed by atoms with Crippen molar-refractivity contribution < 1.29 is 4.79 Å². The zero-order chi connectivity index (χ0) is 17.1. The minimum Gasteiger partial charge on any atom is -0.339 e. The largest absolute Gasteiger partial charge is 0.339 e. The van der Waals surface area contributed by atoms with Crippen LogP contribution in [0.5, 0.6) is 0 Å². The first-order chi connectivity index (χ1) is 11.6. The number of carbonyl (C=O) groups is 1. The smallest absolute Gasteiger partial charge is 0.256 e. The molecule has 0 aliphatic rings. The number of aryl methyl sites for hydroxylation is 1. The van der Waals surface area contributed by atoms with Crippen LogP contribution >= 0.6 is 0 Å². The number of likely N-dealkylation sites (N-methyl/N-ethyl adjacent to an activating group) is 1. The van der Waals surface area contributed by atoms with Crippen molar-refractivity contribution in [3.05, 3.63) is 71.7 Å². The van der Waals surface area contributed by atoms with Gasteiger partial charge >= 0.3 is 0 Å². The van der Waals surface area contributed by atoms with Crippen LogP contribution < -0.4 is 0 Å². The summed E-state index contributed by atoms with van der Waals surface area (Å²) in [6, 6.07) is 13.7. The lowest BCUT2D eigenvalue weighted by atomic mass is 10.1. The van der Waals surface area contributed by atoms with E-state index in [9.17, 15) is 4.79 Å². The first-order valence-electron chi connectivity index (χ1n) is 8.08. The fraction of sp³-hybridized carbons (Fsp3) is 0.250. The molecule has 0 N–H and O–H groups in total. The standard InChI is InChI=1S/C20H21N3O/c1-14-9-11-21-17(12-14)13-15(2)23(3)20(24)18-8-4-6-16-7-5-10-22-19(16)18/h4-12,15H,13H2,1-3H3/t15-/m0/s1. The third-order valence-electron chi connectivity index (χ3n) is 4.32. The third kappa shape index (κ3) is 3.27. The lowest BCUT2D eigenvalue weighted by molar-refractivity contribution is 0.0744. The molecular formula is C20H21N3O. The molecule has 0 saturated carbocycles. The first-order valence-corrected chi connectivity index (χ1v) is 8.08. The molecule has 1 amide bonds. The second kappa shape index (κ2) is 6.79. The molecule has 2 aromatic heterocycles. The van der Waals surface area contributed by atoms with Crippen LogP contribution in [0.3, 0.4) is 0 Å². The average molecular weight is 319 g/mol. The molecule has 24 heavy (non-hydrogen) atoms. The second-order valence-corrected chi connectivity index (χ2v) is 6.17. The number of benzene rings is 1. The van der Waals surface area contributed by atoms with E-state index in [1.165, 1.54) is 5.56 Å². The van der Waals surface area contributed by atoms with Crippen LogP contribution in [0.1, 0.15) is 28.5 Å². The highest BCUT2D eigenvalue weighted by Gasteiger charge is 2.20. The van der Waals surface area contributed by atoms with Gasteiger partial charge in [0.25, 0.3) is 5.91 Å². The zero-order valence-electron chi connectivity index (χ0n) is 14.2. The Morgan fingerprint density at radius 1 is 1.12 bits per heavy atom. The van der Waals surface area contributed by atoms with Crippen molar-refractivity contribution in [2.45, 2.75) is 26.3 Å². The summed E-state index contributed by atoms with van der Waals surface area (Å²) >= 11 is 0. The van der Waals surface area contributed by atoms with E-state index in [0.717, 1.165) is 23.0 Å². The number of hydrogen-bond acceptors (Lipinski definition) is 3. The molecule has 1 atom stereocenters. The fourth-order valence-corrected chi connectivity index (χ4v) is 2.82. The molecule has 0 aliphatic heterocycles. The number of fused-ring (bicyclic) bond motifs is 1. The van der Waals surface area contributed by atoms with Crippen LogP contribution in [0.2, 0.25) is 0 Å². The normalized spacial score (nSPS) is 12.1. The number of carbonyl (C=O) groups excluding carboxylic acids is 1. The Morgan fingerprint density at radius 2 is 1.92 bits per heavy atom. The summed E-state index contributed by atoms with van der Waals surface area (Å²) in [5, 5.41) is 0.977. The predicted octanol–water partition coefficient (Wildman–Crippen LogP) is 3.64. The van der Waals surface area contributed by atoms with E-state index in [1.807, 2.05) is 63.5 Å². The molecule has 0 spiro atoms. The molecular weight excluding hydrogens is 298 g/mol. The van der Waals surface area contributed by atoms with Gasteiger partial charge in [0, 0.05) is 43.0 Å². The van der Waals surface area contributed by atoms with Crippen molar-refractivity contribution in [2.75, 3.05) is 7.05 Å². The van der Waals surface area contributed by atoms with E-state index >= 15 is 0 Å². The van der Waals surface area contributed by atoms with Gasteiger partial charge in [-0.25, -0.2) is 0 Å². The maximum absolute atomic E-state index is 12.9. The summed E-state index contributed by atoms with van der Waals surface area (Å²) in [4.78, 5) is 23.5. The SMILES string of the molecule is Cc1ccnc(C[C@H](C)N(C)C(=O)c2cccc3cccnc23)c1. The first kappa shape index (κ1) is 16.1. The number of hydrogen-bond donors (Lipinski definition) is 0. The Bertz CT molecular complexity index is 870. The summed E-state index contributed by atoms with van der Waals surface area (Å²) in [6.45, 7) is 4.09. The quantitative estimate of drug-likeness (QED) is 0.737. The number of rotatable bonds is 4. The van der Waals surface area contributed by atoms with Gasteiger partial charge in [-0.15, -0.1) is 0 Å². The number of aromatic nitrogens is 2. The Morgan fingerprint density at radius 3 is 2.71 bits per heavy atom. The molecule has 0 saturated heterocycles. The lowest BCUT2D eigenvalue weighted by Crippen LogP contribution is -2.36. The van der Waals surface area contributed by atoms with Gasteiger partial charge in [-0.05, 0) is 43.7 Å². The van der Waals surface area contributed by atoms with Crippen molar-refractivity contribution in [3.8, 4) is 0 Å². The summed E-state index contributed by atoms with van der Waals surface area (Å²) in [5.41, 5.74) is 3.56. The Balaban J connectivity index is 1.83. The summed E-state index contributed by atoms with van der Waals surface area (Å²) in [5.74, 6) is -0.0144. The van der Waals surface area contributed by atoms with Crippen LogP contribution in [0.4, 0.5) is 0 Å². The molecule has 0 bridgehead atoms. The van der Waals surface area contributed by atoms with Gasteiger partial charge in [-0.3, -0.25) is 14.8 Å². The van der Waals surface area contributed by atoms with Crippen molar-refractivity contribution >= 4 is 16.8 Å². The molecule has 0 fully saturated rings.